The fraction of sp³-hybridized carbons (Fsp3) is 0.133. The van der Waals surface area contributed by atoms with Crippen LogP contribution in [0.25, 0.3) is 0 Å². The molecule has 0 fully saturated rings. The van der Waals surface area contributed by atoms with Gasteiger partial charge in [-0.05, 0) is 25.1 Å². The van der Waals surface area contributed by atoms with Crippen LogP contribution in [0.2, 0.25) is 0 Å². The molecule has 0 amide bonds. The van der Waals surface area contributed by atoms with Crippen molar-refractivity contribution in [3.63, 3.8) is 0 Å². The Morgan fingerprint density at radius 2 is 1.88 bits per heavy atom. The molecule has 1 N–H and O–H groups in total. The third kappa shape index (κ3) is 3.86. The number of hydrogen-bond acceptors (Lipinski definition) is 4. The molecule has 2 aromatic carbocycles. The fourth-order valence-corrected chi connectivity index (χ4v) is 1.91. The third-order valence-corrected chi connectivity index (χ3v) is 3.13. The lowest BCUT2D eigenvalue weighted by atomic mass is 10.1. The summed E-state index contributed by atoms with van der Waals surface area (Å²) < 4.78 is 51.5. The highest BCUT2D eigenvalue weighted by atomic mass is 19.4. The van der Waals surface area contributed by atoms with Gasteiger partial charge >= 0.3 is 6.18 Å². The van der Waals surface area contributed by atoms with Gasteiger partial charge in [-0.15, -0.1) is 0 Å². The van der Waals surface area contributed by atoms with Crippen LogP contribution >= 0.6 is 0 Å². The Morgan fingerprint density at radius 3 is 2.46 bits per heavy atom. The Balaban J connectivity index is 2.34. The van der Waals surface area contributed by atoms with Crippen molar-refractivity contribution in [2.75, 3.05) is 5.43 Å². The number of nitro benzene ring substituents is 1. The minimum Gasteiger partial charge on any atom is -0.271 e. The van der Waals surface area contributed by atoms with Crippen molar-refractivity contribution in [1.29, 1.82) is 0 Å². The van der Waals surface area contributed by atoms with Gasteiger partial charge in [0.05, 0.1) is 16.2 Å². The molecule has 0 saturated heterocycles. The van der Waals surface area contributed by atoms with Gasteiger partial charge in [-0.2, -0.15) is 18.3 Å². The second kappa shape index (κ2) is 6.65. The van der Waals surface area contributed by atoms with E-state index in [4.69, 9.17) is 0 Å². The third-order valence-electron chi connectivity index (χ3n) is 3.13. The zero-order valence-corrected chi connectivity index (χ0v) is 12.3. The Bertz CT molecular complexity index is 804. The predicted molar refractivity (Wildman–Crippen MR) is 80.3 cm³/mol. The lowest BCUT2D eigenvalue weighted by Gasteiger charge is -2.09. The molecule has 0 spiro atoms. The molecule has 0 aliphatic heterocycles. The summed E-state index contributed by atoms with van der Waals surface area (Å²) >= 11 is 0. The average Bonchev–Trinajstić information content (AvgIpc) is 2.51. The molecule has 126 valence electrons. The van der Waals surface area contributed by atoms with E-state index in [9.17, 15) is 27.7 Å². The molecule has 0 aliphatic carbocycles. The lowest BCUT2D eigenvalue weighted by molar-refractivity contribution is -0.384. The SMILES string of the molecule is CC(=NNc1ccc(C(F)(F)F)cc1[N+](=O)[O-])c1ccccc1F. The standard InChI is InChI=1S/C15H11F4N3O2/c1-9(11-4-2-3-5-12(11)16)20-21-13-7-6-10(15(17,18)19)8-14(13)22(23)24/h2-8,21H,1H3. The summed E-state index contributed by atoms with van der Waals surface area (Å²) in [4.78, 5) is 10.0. The van der Waals surface area contributed by atoms with E-state index in [2.05, 4.69) is 10.5 Å². The number of rotatable bonds is 4. The summed E-state index contributed by atoms with van der Waals surface area (Å²) in [5, 5.41) is 14.8. The van der Waals surface area contributed by atoms with Crippen molar-refractivity contribution in [3.05, 3.63) is 69.5 Å². The van der Waals surface area contributed by atoms with E-state index in [0.717, 1.165) is 6.07 Å². The van der Waals surface area contributed by atoms with Crippen LogP contribution in [0.15, 0.2) is 47.6 Å². The van der Waals surface area contributed by atoms with Crippen LogP contribution in [-0.2, 0) is 6.18 Å². The largest absolute Gasteiger partial charge is 0.416 e. The highest BCUT2D eigenvalue weighted by molar-refractivity contribution is 5.99. The smallest absolute Gasteiger partial charge is 0.271 e. The van der Waals surface area contributed by atoms with Crippen LogP contribution in [0.1, 0.15) is 18.1 Å². The minimum absolute atomic E-state index is 0.166. The molecule has 0 radical (unpaired) electrons. The predicted octanol–water partition coefficient (Wildman–Crippen LogP) is 4.59. The molecule has 0 unspecified atom stereocenters. The Morgan fingerprint density at radius 1 is 1.21 bits per heavy atom. The first-order chi connectivity index (χ1) is 11.2. The van der Waals surface area contributed by atoms with Gasteiger partial charge in [-0.25, -0.2) is 4.39 Å². The normalized spacial score (nSPS) is 12.1. The second-order valence-electron chi connectivity index (χ2n) is 4.78. The highest BCUT2D eigenvalue weighted by Gasteiger charge is 2.33. The molecule has 0 bridgehead atoms. The van der Waals surface area contributed by atoms with E-state index in [1.807, 2.05) is 0 Å². The molecule has 5 nitrogen and oxygen atoms in total. The van der Waals surface area contributed by atoms with E-state index in [-0.39, 0.29) is 17.0 Å². The first kappa shape index (κ1) is 17.4. The number of alkyl halides is 3. The summed E-state index contributed by atoms with van der Waals surface area (Å²) in [6.07, 6.45) is -4.70. The van der Waals surface area contributed by atoms with Gasteiger partial charge < -0.3 is 0 Å². The van der Waals surface area contributed by atoms with E-state index in [0.29, 0.717) is 12.1 Å². The monoisotopic (exact) mass is 341 g/mol. The van der Waals surface area contributed by atoms with Gasteiger partial charge in [0.2, 0.25) is 0 Å². The van der Waals surface area contributed by atoms with Gasteiger partial charge in [0, 0.05) is 11.6 Å². The molecule has 9 heteroatoms. The first-order valence-electron chi connectivity index (χ1n) is 6.61. The van der Waals surface area contributed by atoms with E-state index in [1.54, 1.807) is 6.07 Å². The van der Waals surface area contributed by atoms with Crippen molar-refractivity contribution in [1.82, 2.24) is 0 Å². The maximum Gasteiger partial charge on any atom is 0.416 e. The van der Waals surface area contributed by atoms with E-state index >= 15 is 0 Å². The molecule has 2 rings (SSSR count). The minimum atomic E-state index is -4.70. The summed E-state index contributed by atoms with van der Waals surface area (Å²) in [5.41, 5.74) is 0.501. The number of hydrazone groups is 1. The zero-order valence-electron chi connectivity index (χ0n) is 12.3. The quantitative estimate of drug-likeness (QED) is 0.383. The van der Waals surface area contributed by atoms with Crippen molar-refractivity contribution in [2.45, 2.75) is 13.1 Å². The number of hydrogen-bond donors (Lipinski definition) is 1. The molecule has 0 aromatic heterocycles. The molecule has 0 heterocycles. The van der Waals surface area contributed by atoms with Gasteiger partial charge in [-0.3, -0.25) is 15.5 Å². The summed E-state index contributed by atoms with van der Waals surface area (Å²) in [7, 11) is 0. The van der Waals surface area contributed by atoms with Crippen LogP contribution in [0.3, 0.4) is 0 Å². The van der Waals surface area contributed by atoms with E-state index in [1.165, 1.54) is 25.1 Å². The number of halogens is 4. The average molecular weight is 341 g/mol. The summed E-state index contributed by atoms with van der Waals surface area (Å²) in [6, 6.07) is 7.75. The van der Waals surface area contributed by atoms with Gasteiger partial charge in [0.15, 0.2) is 0 Å². The van der Waals surface area contributed by atoms with E-state index < -0.39 is 28.2 Å². The molecule has 0 saturated carbocycles. The topological polar surface area (TPSA) is 67.5 Å². The molecular formula is C15H11F4N3O2. The number of nitrogens with one attached hydrogen (secondary N) is 1. The van der Waals surface area contributed by atoms with Crippen LogP contribution in [0.5, 0.6) is 0 Å². The second-order valence-corrected chi connectivity index (χ2v) is 4.78. The first-order valence-corrected chi connectivity index (χ1v) is 6.61. The number of nitro groups is 1. The zero-order chi connectivity index (χ0) is 17.9. The van der Waals surface area contributed by atoms with Crippen LogP contribution in [0, 0.1) is 15.9 Å². The number of benzene rings is 2. The van der Waals surface area contributed by atoms with Gasteiger partial charge in [0.1, 0.15) is 11.5 Å². The summed E-state index contributed by atoms with van der Waals surface area (Å²) in [5.74, 6) is -0.539. The molecule has 0 aliphatic rings. The van der Waals surface area contributed by atoms with Crippen LogP contribution in [-0.4, -0.2) is 10.6 Å². The number of anilines is 1. The van der Waals surface area contributed by atoms with Gasteiger partial charge in [-0.1, -0.05) is 18.2 Å². The van der Waals surface area contributed by atoms with Crippen LogP contribution < -0.4 is 5.43 Å². The van der Waals surface area contributed by atoms with Crippen molar-refractivity contribution < 1.29 is 22.5 Å². The molecular weight excluding hydrogens is 330 g/mol. The maximum atomic E-state index is 13.6. The van der Waals surface area contributed by atoms with Crippen molar-refractivity contribution >= 4 is 17.1 Å². The maximum absolute atomic E-state index is 13.6. The van der Waals surface area contributed by atoms with Crippen LogP contribution in [0.4, 0.5) is 28.9 Å². The van der Waals surface area contributed by atoms with Crippen molar-refractivity contribution in [2.24, 2.45) is 5.10 Å². The molecule has 0 atom stereocenters. The molecule has 24 heavy (non-hydrogen) atoms. The van der Waals surface area contributed by atoms with Crippen molar-refractivity contribution in [3.8, 4) is 0 Å². The summed E-state index contributed by atoms with van der Waals surface area (Å²) in [6.45, 7) is 1.46. The molecule has 2 aromatic rings. The lowest BCUT2D eigenvalue weighted by Crippen LogP contribution is -2.07. The Kier molecular flexibility index (Phi) is 4.82. The number of nitrogens with zero attached hydrogens (tertiary/aromatic N) is 2. The fourth-order valence-electron chi connectivity index (χ4n) is 1.91. The highest BCUT2D eigenvalue weighted by Crippen LogP contribution is 2.35. The van der Waals surface area contributed by atoms with Gasteiger partial charge in [0.25, 0.3) is 5.69 Å². The Labute approximate surface area is 133 Å². The Hall–Kier alpha value is -2.97.